The van der Waals surface area contributed by atoms with Gasteiger partial charge in [-0.2, -0.15) is 0 Å². The molecule has 34 heavy (non-hydrogen) atoms. The fraction of sp³-hybridized carbons (Fsp3) is 0.192. The molecule has 0 aliphatic carbocycles. The second-order valence-electron chi connectivity index (χ2n) is 7.83. The first-order valence-corrected chi connectivity index (χ1v) is 10.9. The van der Waals surface area contributed by atoms with Crippen LogP contribution in [0.2, 0.25) is 5.02 Å². The molecule has 2 heterocycles. The predicted octanol–water partition coefficient (Wildman–Crippen LogP) is 4.48. The lowest BCUT2D eigenvalue weighted by Crippen LogP contribution is -2.29. The molecule has 8 heteroatoms. The van der Waals surface area contributed by atoms with E-state index in [0.717, 1.165) is 5.56 Å². The van der Waals surface area contributed by atoms with Crippen LogP contribution in [0.25, 0.3) is 5.57 Å². The average molecular weight is 481 g/mol. The van der Waals surface area contributed by atoms with Crippen LogP contribution in [0, 0.1) is 0 Å². The molecule has 0 bridgehead atoms. The maximum Gasteiger partial charge on any atom is 0.342 e. The Morgan fingerprint density at radius 3 is 2.41 bits per heavy atom. The van der Waals surface area contributed by atoms with Gasteiger partial charge in [-0.3, -0.25) is 0 Å². The Kier molecular flexibility index (Phi) is 5.59. The lowest BCUT2D eigenvalue weighted by atomic mass is 9.88. The number of hydrogen-bond acceptors (Lipinski definition) is 7. The van der Waals surface area contributed by atoms with E-state index in [1.807, 2.05) is 12.1 Å². The molecule has 3 aromatic carbocycles. The number of carbonyl (C=O) groups is 1. The second-order valence-corrected chi connectivity index (χ2v) is 8.26. The van der Waals surface area contributed by atoms with E-state index in [4.69, 9.17) is 35.3 Å². The molecule has 3 aromatic rings. The van der Waals surface area contributed by atoms with Crippen molar-refractivity contribution in [2.24, 2.45) is 0 Å². The predicted molar refractivity (Wildman–Crippen MR) is 124 cm³/mol. The van der Waals surface area contributed by atoms with E-state index in [9.17, 15) is 9.90 Å². The van der Waals surface area contributed by atoms with Gasteiger partial charge in [0.1, 0.15) is 0 Å². The topological polar surface area (TPSA) is 83.5 Å². The Balaban J connectivity index is 1.67. The first-order valence-electron chi connectivity index (χ1n) is 10.5. The van der Waals surface area contributed by atoms with Crippen molar-refractivity contribution >= 4 is 23.1 Å². The Bertz CT molecular complexity index is 1300. The molecule has 1 atom stereocenters. The van der Waals surface area contributed by atoms with Crippen molar-refractivity contribution < 1.29 is 33.6 Å². The van der Waals surface area contributed by atoms with E-state index >= 15 is 0 Å². The van der Waals surface area contributed by atoms with Crippen LogP contribution in [-0.4, -0.2) is 32.1 Å². The van der Waals surface area contributed by atoms with Gasteiger partial charge < -0.3 is 28.8 Å². The van der Waals surface area contributed by atoms with Crippen molar-refractivity contribution in [3.8, 4) is 23.0 Å². The zero-order valence-electron chi connectivity index (χ0n) is 18.5. The van der Waals surface area contributed by atoms with Gasteiger partial charge in [-0.05, 0) is 47.5 Å². The van der Waals surface area contributed by atoms with Crippen molar-refractivity contribution in [1.82, 2.24) is 0 Å². The molecule has 7 nitrogen and oxygen atoms in total. The molecule has 174 valence electrons. The number of esters is 1. The minimum Gasteiger partial charge on any atom is -0.493 e. The average Bonchev–Trinajstić information content (AvgIpc) is 3.41. The van der Waals surface area contributed by atoms with Crippen LogP contribution in [0.4, 0.5) is 0 Å². The molecule has 0 fully saturated rings. The van der Waals surface area contributed by atoms with Gasteiger partial charge in [0.2, 0.25) is 6.79 Å². The van der Waals surface area contributed by atoms with Crippen molar-refractivity contribution in [2.45, 2.75) is 12.2 Å². The molecular formula is C26H21ClO7. The van der Waals surface area contributed by atoms with Crippen LogP contribution >= 0.6 is 11.6 Å². The molecular weight excluding hydrogens is 460 g/mol. The number of ether oxygens (including phenoxy) is 5. The summed E-state index contributed by atoms with van der Waals surface area (Å²) in [7, 11) is 3.05. The molecule has 5 rings (SSSR count). The van der Waals surface area contributed by atoms with Gasteiger partial charge in [0, 0.05) is 22.6 Å². The second kappa shape index (κ2) is 8.59. The lowest BCUT2D eigenvalue weighted by molar-refractivity contribution is -0.185. The third-order valence-electron chi connectivity index (χ3n) is 5.88. The minimum absolute atomic E-state index is 0.148. The molecule has 1 N–H and O–H groups in total. The van der Waals surface area contributed by atoms with Gasteiger partial charge in [-0.15, -0.1) is 0 Å². The van der Waals surface area contributed by atoms with Crippen LogP contribution in [-0.2, 0) is 21.7 Å². The van der Waals surface area contributed by atoms with E-state index in [-0.39, 0.29) is 18.8 Å². The maximum atomic E-state index is 13.2. The van der Waals surface area contributed by atoms with Gasteiger partial charge in [0.25, 0.3) is 5.79 Å². The van der Waals surface area contributed by atoms with E-state index in [1.165, 1.54) is 14.2 Å². The van der Waals surface area contributed by atoms with E-state index in [0.29, 0.717) is 44.7 Å². The third-order valence-corrected chi connectivity index (χ3v) is 6.13. The summed E-state index contributed by atoms with van der Waals surface area (Å²) in [6, 6.07) is 17.1. The van der Waals surface area contributed by atoms with Gasteiger partial charge >= 0.3 is 5.97 Å². The summed E-state index contributed by atoms with van der Waals surface area (Å²) in [5, 5.41) is 12.2. The highest BCUT2D eigenvalue weighted by atomic mass is 35.5. The quantitative estimate of drug-likeness (QED) is 0.520. The van der Waals surface area contributed by atoms with Gasteiger partial charge in [0.15, 0.2) is 23.0 Å². The summed E-state index contributed by atoms with van der Waals surface area (Å²) < 4.78 is 27.3. The number of cyclic esters (lactones) is 1. The number of aliphatic hydroxyl groups is 1. The zero-order chi connectivity index (χ0) is 23.9. The summed E-state index contributed by atoms with van der Waals surface area (Å²) >= 11 is 6.05. The van der Waals surface area contributed by atoms with Crippen molar-refractivity contribution in [3.63, 3.8) is 0 Å². The lowest BCUT2D eigenvalue weighted by Gasteiger charge is -2.26. The molecule has 0 aromatic heterocycles. The number of rotatable bonds is 6. The maximum absolute atomic E-state index is 13.2. The van der Waals surface area contributed by atoms with Crippen LogP contribution in [0.15, 0.2) is 66.2 Å². The number of halogens is 1. The van der Waals surface area contributed by atoms with E-state index in [1.54, 1.807) is 48.5 Å². The van der Waals surface area contributed by atoms with Crippen LogP contribution < -0.4 is 18.9 Å². The highest BCUT2D eigenvalue weighted by Crippen LogP contribution is 2.46. The first kappa shape index (κ1) is 22.1. The Morgan fingerprint density at radius 2 is 1.68 bits per heavy atom. The van der Waals surface area contributed by atoms with Gasteiger partial charge in [0.05, 0.1) is 19.8 Å². The zero-order valence-corrected chi connectivity index (χ0v) is 19.2. The summed E-state index contributed by atoms with van der Waals surface area (Å²) in [5.74, 6) is -0.426. The summed E-state index contributed by atoms with van der Waals surface area (Å²) in [6.07, 6.45) is 0.213. The van der Waals surface area contributed by atoms with Crippen LogP contribution in [0.3, 0.4) is 0 Å². The first-order chi connectivity index (χ1) is 16.4. The number of hydrogen-bond donors (Lipinski definition) is 1. The third kappa shape index (κ3) is 3.73. The summed E-state index contributed by atoms with van der Waals surface area (Å²) in [4.78, 5) is 13.2. The molecule has 2 aliphatic rings. The molecule has 0 saturated carbocycles. The van der Waals surface area contributed by atoms with Crippen LogP contribution in [0.1, 0.15) is 16.7 Å². The van der Waals surface area contributed by atoms with E-state index < -0.39 is 11.8 Å². The number of fused-ring (bicyclic) bond motifs is 1. The molecule has 0 saturated heterocycles. The Morgan fingerprint density at radius 1 is 0.941 bits per heavy atom. The summed E-state index contributed by atoms with van der Waals surface area (Å²) in [6.45, 7) is 0.148. The fourth-order valence-corrected chi connectivity index (χ4v) is 4.32. The van der Waals surface area contributed by atoms with E-state index in [2.05, 4.69) is 0 Å². The standard InChI is InChI=1S/C26H21ClO7/c1-30-20-10-4-16(13-22(20)31-2)24-19(11-15-3-9-21-23(12-15)33-14-32-21)26(29,34-25(24)28)17-5-7-18(27)8-6-17/h3-10,12-13,29H,11,14H2,1-2H3. The Labute approximate surface area is 201 Å². The van der Waals surface area contributed by atoms with Crippen LogP contribution in [0.5, 0.6) is 23.0 Å². The Hall–Kier alpha value is -3.68. The number of carbonyl (C=O) groups excluding carboxylic acids is 1. The molecule has 2 aliphatic heterocycles. The SMILES string of the molecule is COc1ccc(C2=C(Cc3ccc4c(c3)OCO4)C(O)(c3ccc(Cl)cc3)OC2=O)cc1OC. The largest absolute Gasteiger partial charge is 0.493 e. The smallest absolute Gasteiger partial charge is 0.342 e. The highest BCUT2D eigenvalue weighted by molar-refractivity contribution is 6.30. The van der Waals surface area contributed by atoms with Crippen molar-refractivity contribution in [3.05, 3.63) is 87.9 Å². The van der Waals surface area contributed by atoms with Crippen molar-refractivity contribution in [2.75, 3.05) is 21.0 Å². The molecule has 0 spiro atoms. The minimum atomic E-state index is -1.99. The van der Waals surface area contributed by atoms with Gasteiger partial charge in [-0.25, -0.2) is 4.79 Å². The monoisotopic (exact) mass is 480 g/mol. The van der Waals surface area contributed by atoms with Crippen molar-refractivity contribution in [1.29, 1.82) is 0 Å². The normalized spacial score (nSPS) is 18.8. The number of methoxy groups -OCH3 is 2. The fourth-order valence-electron chi connectivity index (χ4n) is 4.20. The van der Waals surface area contributed by atoms with Gasteiger partial charge in [-0.1, -0.05) is 35.9 Å². The number of benzene rings is 3. The molecule has 0 radical (unpaired) electrons. The molecule has 0 amide bonds. The molecule has 1 unspecified atom stereocenters. The summed E-state index contributed by atoms with van der Waals surface area (Å²) in [5.41, 5.74) is 2.35. The highest BCUT2D eigenvalue weighted by Gasteiger charge is 2.48.